The highest BCUT2D eigenvalue weighted by molar-refractivity contribution is 6.33. The zero-order chi connectivity index (χ0) is 6.97. The molecule has 0 fully saturated rings. The first-order valence-corrected chi connectivity index (χ1v) is 3.33. The Morgan fingerprint density at radius 2 is 2.30 bits per heavy atom. The van der Waals surface area contributed by atoms with Crippen molar-refractivity contribution < 1.29 is 0 Å². The Kier molecular flexibility index (Phi) is 1.14. The van der Waals surface area contributed by atoms with E-state index in [0.29, 0.717) is 0 Å². The number of nitrogens with zero attached hydrogens (tertiary/aromatic N) is 2. The fourth-order valence-corrected chi connectivity index (χ4v) is 1.12. The number of halogens is 1. The maximum atomic E-state index is 5.84. The molecule has 2 heterocycles. The van der Waals surface area contributed by atoms with Gasteiger partial charge in [0.15, 0.2) is 0 Å². The molecule has 50 valence electrons. The molecule has 0 aliphatic carbocycles. The van der Waals surface area contributed by atoms with Gasteiger partial charge in [-0.25, -0.2) is 4.52 Å². The standard InChI is InChI=1S/C7H5ClN2/c8-6-3-4-9-10-5-1-2-7(6)10/h1-5H. The molecule has 0 unspecified atom stereocenters. The molecule has 0 N–H and O–H groups in total. The summed E-state index contributed by atoms with van der Waals surface area (Å²) in [6.07, 6.45) is 3.54. The zero-order valence-electron chi connectivity index (χ0n) is 5.16. The predicted octanol–water partition coefficient (Wildman–Crippen LogP) is 1.99. The quantitative estimate of drug-likeness (QED) is 0.564. The highest BCUT2D eigenvalue weighted by atomic mass is 35.5. The van der Waals surface area contributed by atoms with Gasteiger partial charge in [0.05, 0.1) is 10.5 Å². The third-order valence-corrected chi connectivity index (χ3v) is 1.70. The van der Waals surface area contributed by atoms with Crippen molar-refractivity contribution in [1.29, 1.82) is 0 Å². The van der Waals surface area contributed by atoms with Crippen LogP contribution in [0.1, 0.15) is 0 Å². The third-order valence-electron chi connectivity index (χ3n) is 1.38. The van der Waals surface area contributed by atoms with Crippen molar-refractivity contribution >= 4 is 17.1 Å². The van der Waals surface area contributed by atoms with Gasteiger partial charge in [-0.15, -0.1) is 0 Å². The van der Waals surface area contributed by atoms with Crippen molar-refractivity contribution in [2.75, 3.05) is 0 Å². The monoisotopic (exact) mass is 152 g/mol. The van der Waals surface area contributed by atoms with Gasteiger partial charge in [0.2, 0.25) is 0 Å². The first kappa shape index (κ1) is 5.74. The van der Waals surface area contributed by atoms with E-state index in [1.165, 1.54) is 0 Å². The van der Waals surface area contributed by atoms with Crippen molar-refractivity contribution in [2.45, 2.75) is 0 Å². The Bertz CT molecular complexity index is 353. The summed E-state index contributed by atoms with van der Waals surface area (Å²) in [6, 6.07) is 5.61. The summed E-state index contributed by atoms with van der Waals surface area (Å²) < 4.78 is 1.74. The summed E-state index contributed by atoms with van der Waals surface area (Å²) >= 11 is 5.84. The molecule has 2 aromatic rings. The molecule has 0 aromatic carbocycles. The van der Waals surface area contributed by atoms with Gasteiger partial charge in [-0.1, -0.05) is 11.6 Å². The zero-order valence-corrected chi connectivity index (χ0v) is 5.92. The minimum Gasteiger partial charge on any atom is -0.240 e. The Morgan fingerprint density at radius 1 is 1.40 bits per heavy atom. The summed E-state index contributed by atoms with van der Waals surface area (Å²) in [7, 11) is 0. The van der Waals surface area contributed by atoms with E-state index >= 15 is 0 Å². The van der Waals surface area contributed by atoms with Gasteiger partial charge in [-0.2, -0.15) is 5.10 Å². The van der Waals surface area contributed by atoms with E-state index in [2.05, 4.69) is 5.10 Å². The molecule has 0 aliphatic rings. The lowest BCUT2D eigenvalue weighted by atomic mass is 10.4. The van der Waals surface area contributed by atoms with Crippen molar-refractivity contribution in [1.82, 2.24) is 9.61 Å². The van der Waals surface area contributed by atoms with E-state index < -0.39 is 0 Å². The second kappa shape index (κ2) is 1.99. The first-order valence-electron chi connectivity index (χ1n) is 2.96. The molecule has 0 saturated heterocycles. The van der Waals surface area contributed by atoms with Gasteiger partial charge in [0.1, 0.15) is 0 Å². The van der Waals surface area contributed by atoms with Crippen LogP contribution in [0.25, 0.3) is 5.52 Å². The molecule has 3 heteroatoms. The van der Waals surface area contributed by atoms with Crippen LogP contribution in [-0.4, -0.2) is 9.61 Å². The molecule has 0 amide bonds. The molecule has 0 spiro atoms. The Labute approximate surface area is 63.0 Å². The minimum atomic E-state index is 0.736. The Balaban J connectivity index is 2.95. The van der Waals surface area contributed by atoms with Crippen molar-refractivity contribution in [2.24, 2.45) is 0 Å². The van der Waals surface area contributed by atoms with Crippen LogP contribution in [0.5, 0.6) is 0 Å². The topological polar surface area (TPSA) is 17.3 Å². The van der Waals surface area contributed by atoms with Gasteiger partial charge in [0.25, 0.3) is 0 Å². The summed E-state index contributed by atoms with van der Waals surface area (Å²) in [5.41, 5.74) is 0.948. The second-order valence-electron chi connectivity index (χ2n) is 2.02. The molecule has 0 bridgehead atoms. The maximum absolute atomic E-state index is 5.84. The number of rotatable bonds is 0. The van der Waals surface area contributed by atoms with Gasteiger partial charge < -0.3 is 0 Å². The Hall–Kier alpha value is -1.02. The fourth-order valence-electron chi connectivity index (χ4n) is 0.918. The maximum Gasteiger partial charge on any atom is 0.0832 e. The van der Waals surface area contributed by atoms with Crippen LogP contribution in [0.4, 0.5) is 0 Å². The van der Waals surface area contributed by atoms with Crippen LogP contribution in [0.2, 0.25) is 5.02 Å². The van der Waals surface area contributed by atoms with Crippen molar-refractivity contribution in [3.63, 3.8) is 0 Å². The highest BCUT2D eigenvalue weighted by Crippen LogP contribution is 2.14. The van der Waals surface area contributed by atoms with E-state index in [1.54, 1.807) is 16.8 Å². The SMILES string of the molecule is Clc1ccnn2cccc12. The molecule has 10 heavy (non-hydrogen) atoms. The lowest BCUT2D eigenvalue weighted by Gasteiger charge is -1.92. The predicted molar refractivity (Wildman–Crippen MR) is 40.2 cm³/mol. The van der Waals surface area contributed by atoms with Crippen LogP contribution in [0.3, 0.4) is 0 Å². The molecule has 2 aromatic heterocycles. The highest BCUT2D eigenvalue weighted by Gasteiger charge is 1.95. The smallest absolute Gasteiger partial charge is 0.0832 e. The van der Waals surface area contributed by atoms with Gasteiger partial charge in [-0.05, 0) is 18.2 Å². The summed E-state index contributed by atoms with van der Waals surface area (Å²) in [5.74, 6) is 0. The van der Waals surface area contributed by atoms with Gasteiger partial charge >= 0.3 is 0 Å². The summed E-state index contributed by atoms with van der Waals surface area (Å²) in [4.78, 5) is 0. The number of aromatic nitrogens is 2. The Morgan fingerprint density at radius 3 is 3.10 bits per heavy atom. The molecule has 0 saturated carbocycles. The summed E-state index contributed by atoms with van der Waals surface area (Å²) in [5, 5.41) is 4.77. The molecule has 0 aliphatic heterocycles. The van der Waals surface area contributed by atoms with Crippen LogP contribution in [0, 0.1) is 0 Å². The fraction of sp³-hybridized carbons (Fsp3) is 0. The molecular formula is C7H5ClN2. The van der Waals surface area contributed by atoms with Crippen LogP contribution >= 0.6 is 11.6 Å². The number of fused-ring (bicyclic) bond motifs is 1. The lowest BCUT2D eigenvalue weighted by Crippen LogP contribution is -1.86. The van der Waals surface area contributed by atoms with E-state index in [9.17, 15) is 0 Å². The average molecular weight is 153 g/mol. The van der Waals surface area contributed by atoms with E-state index in [4.69, 9.17) is 11.6 Å². The van der Waals surface area contributed by atoms with Crippen molar-refractivity contribution in [3.05, 3.63) is 35.6 Å². The third kappa shape index (κ3) is 0.693. The first-order chi connectivity index (χ1) is 4.88. The second-order valence-corrected chi connectivity index (χ2v) is 2.42. The number of hydrogen-bond donors (Lipinski definition) is 0. The molecular weight excluding hydrogens is 148 g/mol. The summed E-state index contributed by atoms with van der Waals surface area (Å²) in [6.45, 7) is 0. The van der Waals surface area contributed by atoms with E-state index in [1.807, 2.05) is 18.3 Å². The van der Waals surface area contributed by atoms with Crippen LogP contribution < -0.4 is 0 Å². The molecule has 2 rings (SSSR count). The molecule has 2 nitrogen and oxygen atoms in total. The average Bonchev–Trinajstić information content (AvgIpc) is 2.36. The van der Waals surface area contributed by atoms with Crippen LogP contribution in [0.15, 0.2) is 30.6 Å². The normalized spacial score (nSPS) is 10.5. The van der Waals surface area contributed by atoms with Crippen molar-refractivity contribution in [3.8, 4) is 0 Å². The lowest BCUT2D eigenvalue weighted by molar-refractivity contribution is 0.941. The minimum absolute atomic E-state index is 0.736. The molecule has 0 radical (unpaired) electrons. The largest absolute Gasteiger partial charge is 0.240 e. The van der Waals surface area contributed by atoms with Gasteiger partial charge in [-0.3, -0.25) is 0 Å². The van der Waals surface area contributed by atoms with E-state index in [-0.39, 0.29) is 0 Å². The molecule has 0 atom stereocenters. The van der Waals surface area contributed by atoms with Crippen LogP contribution in [-0.2, 0) is 0 Å². The number of hydrogen-bond acceptors (Lipinski definition) is 1. The van der Waals surface area contributed by atoms with Gasteiger partial charge in [0, 0.05) is 12.4 Å². The van der Waals surface area contributed by atoms with E-state index in [0.717, 1.165) is 10.5 Å².